The van der Waals surface area contributed by atoms with Gasteiger partial charge in [-0.3, -0.25) is 14.6 Å². The highest BCUT2D eigenvalue weighted by Crippen LogP contribution is 2.23. The van der Waals surface area contributed by atoms with Gasteiger partial charge in [-0.15, -0.1) is 11.8 Å². The molecule has 4 rings (SSSR count). The molecule has 30 heavy (non-hydrogen) atoms. The van der Waals surface area contributed by atoms with Crippen molar-refractivity contribution in [3.8, 4) is 0 Å². The molecule has 0 aliphatic carbocycles. The first-order chi connectivity index (χ1) is 14.7. The number of nitrogens with zero attached hydrogens (tertiary/aromatic N) is 3. The summed E-state index contributed by atoms with van der Waals surface area (Å²) in [6, 6.07) is 16.6. The number of nitrogens with one attached hydrogen (secondary N) is 2. The molecule has 2 amide bonds. The summed E-state index contributed by atoms with van der Waals surface area (Å²) in [6.45, 7) is -0.113. The summed E-state index contributed by atoms with van der Waals surface area (Å²) in [4.78, 5) is 33.7. The predicted octanol–water partition coefficient (Wildman–Crippen LogP) is 3.39. The highest BCUT2D eigenvalue weighted by molar-refractivity contribution is 7.98. The number of imidazole rings is 1. The lowest BCUT2D eigenvalue weighted by Gasteiger charge is -2.07. The third-order valence-corrected chi connectivity index (χ3v) is 5.32. The van der Waals surface area contributed by atoms with Gasteiger partial charge in [-0.1, -0.05) is 6.07 Å². The Hall–Kier alpha value is -3.65. The molecule has 0 saturated heterocycles. The van der Waals surface area contributed by atoms with Crippen LogP contribution < -0.4 is 10.6 Å². The first-order valence-electron chi connectivity index (χ1n) is 9.31. The molecule has 0 saturated carbocycles. The molecule has 8 heteroatoms. The van der Waals surface area contributed by atoms with E-state index in [1.54, 1.807) is 48.4 Å². The molecule has 1 aromatic carbocycles. The Labute approximate surface area is 177 Å². The van der Waals surface area contributed by atoms with E-state index in [9.17, 15) is 9.59 Å². The Kier molecular flexibility index (Phi) is 6.05. The SMILES string of the molecule is O=C(CNC(=O)c1ccc(SCc2cn3ccccc3n2)cc1)Nc1cccnc1. The number of hydrogen-bond acceptors (Lipinski definition) is 5. The standard InChI is InChI=1S/C22H19N5O2S/c28-21(26-17-4-3-10-23-12-17)13-24-22(29)16-6-8-19(9-7-16)30-15-18-14-27-11-2-1-5-20(27)25-18/h1-12,14H,13,15H2,(H,24,29)(H,26,28). The van der Waals surface area contributed by atoms with E-state index < -0.39 is 0 Å². The molecule has 150 valence electrons. The van der Waals surface area contributed by atoms with E-state index in [1.165, 1.54) is 0 Å². The Morgan fingerprint density at radius 3 is 2.67 bits per heavy atom. The second kappa shape index (κ2) is 9.23. The van der Waals surface area contributed by atoms with Crippen LogP contribution >= 0.6 is 11.8 Å². The molecule has 0 aliphatic rings. The third kappa shape index (κ3) is 5.03. The van der Waals surface area contributed by atoms with E-state index in [4.69, 9.17) is 0 Å². The van der Waals surface area contributed by atoms with Crippen molar-refractivity contribution in [1.82, 2.24) is 19.7 Å². The molecule has 0 radical (unpaired) electrons. The van der Waals surface area contributed by atoms with Gasteiger partial charge in [0.25, 0.3) is 5.91 Å². The van der Waals surface area contributed by atoms with Gasteiger partial charge in [0.1, 0.15) is 5.65 Å². The van der Waals surface area contributed by atoms with Crippen LogP contribution in [0.15, 0.2) is 84.3 Å². The molecule has 3 aromatic heterocycles. The highest BCUT2D eigenvalue weighted by atomic mass is 32.2. The summed E-state index contributed by atoms with van der Waals surface area (Å²) in [5, 5.41) is 5.29. The molecular formula is C22H19N5O2S. The molecule has 0 bridgehead atoms. The fraction of sp³-hybridized carbons (Fsp3) is 0.0909. The number of thioether (sulfide) groups is 1. The number of rotatable bonds is 7. The van der Waals surface area contributed by atoms with E-state index in [-0.39, 0.29) is 18.4 Å². The maximum Gasteiger partial charge on any atom is 0.251 e. The highest BCUT2D eigenvalue weighted by Gasteiger charge is 2.09. The van der Waals surface area contributed by atoms with Crippen molar-refractivity contribution >= 4 is 34.9 Å². The molecule has 0 aliphatic heterocycles. The van der Waals surface area contributed by atoms with E-state index >= 15 is 0 Å². The lowest BCUT2D eigenvalue weighted by atomic mass is 10.2. The van der Waals surface area contributed by atoms with Gasteiger partial charge in [0, 0.05) is 34.8 Å². The average Bonchev–Trinajstić information content (AvgIpc) is 3.20. The van der Waals surface area contributed by atoms with Gasteiger partial charge < -0.3 is 15.0 Å². The maximum absolute atomic E-state index is 12.3. The van der Waals surface area contributed by atoms with Gasteiger partial charge in [0.05, 0.1) is 24.1 Å². The van der Waals surface area contributed by atoms with Crippen LogP contribution in [0, 0.1) is 0 Å². The van der Waals surface area contributed by atoms with E-state index in [1.807, 2.05) is 47.1 Å². The van der Waals surface area contributed by atoms with Crippen molar-refractivity contribution in [2.45, 2.75) is 10.6 Å². The summed E-state index contributed by atoms with van der Waals surface area (Å²) in [6.07, 6.45) is 7.15. The van der Waals surface area contributed by atoms with Crippen molar-refractivity contribution in [2.75, 3.05) is 11.9 Å². The second-order valence-corrected chi connectivity index (χ2v) is 7.53. The molecule has 0 unspecified atom stereocenters. The second-order valence-electron chi connectivity index (χ2n) is 6.48. The fourth-order valence-electron chi connectivity index (χ4n) is 2.82. The Bertz CT molecular complexity index is 1130. The minimum atomic E-state index is -0.309. The van der Waals surface area contributed by atoms with Crippen LogP contribution in [0.4, 0.5) is 5.69 Å². The van der Waals surface area contributed by atoms with Gasteiger partial charge in [-0.25, -0.2) is 4.98 Å². The van der Waals surface area contributed by atoms with Gasteiger partial charge >= 0.3 is 0 Å². The largest absolute Gasteiger partial charge is 0.343 e. The average molecular weight is 417 g/mol. The number of anilines is 1. The summed E-state index contributed by atoms with van der Waals surface area (Å²) in [5.74, 6) is 0.131. The number of amides is 2. The van der Waals surface area contributed by atoms with Crippen LogP contribution in [-0.2, 0) is 10.5 Å². The van der Waals surface area contributed by atoms with Crippen molar-refractivity contribution in [1.29, 1.82) is 0 Å². The van der Waals surface area contributed by atoms with E-state index in [0.29, 0.717) is 11.3 Å². The summed E-state index contributed by atoms with van der Waals surface area (Å²) in [5.41, 5.74) is 3.00. The number of benzene rings is 1. The molecular weight excluding hydrogens is 398 g/mol. The van der Waals surface area contributed by atoms with E-state index in [2.05, 4.69) is 20.6 Å². The topological polar surface area (TPSA) is 88.4 Å². The maximum atomic E-state index is 12.3. The zero-order chi connectivity index (χ0) is 20.8. The first-order valence-corrected chi connectivity index (χ1v) is 10.3. The molecule has 2 N–H and O–H groups in total. The summed E-state index contributed by atoms with van der Waals surface area (Å²) >= 11 is 1.65. The molecule has 3 heterocycles. The van der Waals surface area contributed by atoms with Crippen molar-refractivity contribution in [3.63, 3.8) is 0 Å². The Morgan fingerprint density at radius 1 is 1.03 bits per heavy atom. The molecule has 4 aromatic rings. The minimum absolute atomic E-state index is 0.113. The number of carbonyl (C=O) groups is 2. The Balaban J connectivity index is 1.27. The van der Waals surface area contributed by atoms with Gasteiger partial charge in [-0.05, 0) is 48.5 Å². The smallest absolute Gasteiger partial charge is 0.251 e. The first kappa shape index (κ1) is 19.7. The zero-order valence-electron chi connectivity index (χ0n) is 16.0. The van der Waals surface area contributed by atoms with Crippen LogP contribution in [0.2, 0.25) is 0 Å². The molecule has 0 fully saturated rings. The van der Waals surface area contributed by atoms with Crippen LogP contribution in [0.1, 0.15) is 16.1 Å². The van der Waals surface area contributed by atoms with Crippen molar-refractivity contribution in [2.24, 2.45) is 0 Å². The van der Waals surface area contributed by atoms with Gasteiger partial charge in [0.15, 0.2) is 0 Å². The van der Waals surface area contributed by atoms with Gasteiger partial charge in [-0.2, -0.15) is 0 Å². The number of hydrogen-bond donors (Lipinski definition) is 2. The quantitative estimate of drug-likeness (QED) is 0.450. The molecule has 0 spiro atoms. The van der Waals surface area contributed by atoms with Crippen LogP contribution in [0.3, 0.4) is 0 Å². The Morgan fingerprint density at radius 2 is 1.90 bits per heavy atom. The van der Waals surface area contributed by atoms with E-state index in [0.717, 1.165) is 22.0 Å². The van der Waals surface area contributed by atoms with Crippen LogP contribution in [0.5, 0.6) is 0 Å². The summed E-state index contributed by atoms with van der Waals surface area (Å²) < 4.78 is 1.99. The lowest BCUT2D eigenvalue weighted by molar-refractivity contribution is -0.115. The normalized spacial score (nSPS) is 10.7. The monoisotopic (exact) mass is 417 g/mol. The van der Waals surface area contributed by atoms with Crippen LogP contribution in [-0.4, -0.2) is 32.7 Å². The molecule has 7 nitrogen and oxygen atoms in total. The van der Waals surface area contributed by atoms with Crippen molar-refractivity contribution < 1.29 is 9.59 Å². The van der Waals surface area contributed by atoms with Crippen LogP contribution in [0.25, 0.3) is 5.65 Å². The zero-order valence-corrected chi connectivity index (χ0v) is 16.8. The molecule has 0 atom stereocenters. The van der Waals surface area contributed by atoms with Gasteiger partial charge in [0.2, 0.25) is 5.91 Å². The number of fused-ring (bicyclic) bond motifs is 1. The van der Waals surface area contributed by atoms with Crippen molar-refractivity contribution in [3.05, 3.63) is 90.6 Å². The minimum Gasteiger partial charge on any atom is -0.343 e. The lowest BCUT2D eigenvalue weighted by Crippen LogP contribution is -2.32. The third-order valence-electron chi connectivity index (χ3n) is 4.27. The summed E-state index contributed by atoms with van der Waals surface area (Å²) in [7, 11) is 0. The fourth-order valence-corrected chi connectivity index (χ4v) is 3.60. The number of carbonyl (C=O) groups excluding carboxylic acids is 2. The number of pyridine rings is 2. The predicted molar refractivity (Wildman–Crippen MR) is 116 cm³/mol. The number of aromatic nitrogens is 3.